The van der Waals surface area contributed by atoms with Crippen molar-refractivity contribution in [3.8, 4) is 0 Å². The van der Waals surface area contributed by atoms with Crippen LogP contribution in [0.4, 0.5) is 0 Å². The number of hydrogen-bond donors (Lipinski definition) is 0. The van der Waals surface area contributed by atoms with Crippen molar-refractivity contribution in [1.82, 2.24) is 0 Å². The Morgan fingerprint density at radius 2 is 1.65 bits per heavy atom. The fraction of sp³-hybridized carbons (Fsp3) is 0.125. The van der Waals surface area contributed by atoms with Crippen LogP contribution in [0.2, 0.25) is 0 Å². The molecule has 1 rings (SSSR count). The third kappa shape index (κ3) is 15.4. The minimum Gasteiger partial charge on any atom is -0.466 e. The van der Waals surface area contributed by atoms with Gasteiger partial charge in [-0.3, -0.25) is 4.79 Å². The maximum Gasteiger partial charge on any atom is 0.329 e. The molecule has 4 nitrogen and oxygen atoms in total. The maximum absolute atomic E-state index is 9.84. The molecule has 0 saturated carbocycles. The van der Waals surface area contributed by atoms with Crippen LogP contribution in [0.15, 0.2) is 62.4 Å². The molecule has 0 radical (unpaired) electrons. The van der Waals surface area contributed by atoms with Gasteiger partial charge < -0.3 is 9.47 Å². The summed E-state index contributed by atoms with van der Waals surface area (Å²) in [4.78, 5) is 19.6. The summed E-state index contributed by atoms with van der Waals surface area (Å²) < 4.78 is 8.31. The summed E-state index contributed by atoms with van der Waals surface area (Å²) in [5, 5.41) is 0. The molecule has 0 spiro atoms. The molecule has 0 aliphatic carbocycles. The molecule has 108 valence electrons. The van der Waals surface area contributed by atoms with E-state index in [0.717, 1.165) is 12.3 Å². The van der Waals surface area contributed by atoms with Crippen LogP contribution in [0.25, 0.3) is 6.08 Å². The number of hydrogen-bond acceptors (Lipinski definition) is 4. The second-order valence-electron chi connectivity index (χ2n) is 3.12. The molecule has 1 aromatic carbocycles. The van der Waals surface area contributed by atoms with Crippen LogP contribution in [0.1, 0.15) is 12.5 Å². The maximum atomic E-state index is 9.84. The van der Waals surface area contributed by atoms with Gasteiger partial charge in [-0.05, 0) is 5.56 Å². The normalized spacial score (nSPS) is 7.50. The third-order valence-corrected chi connectivity index (χ3v) is 1.65. The van der Waals surface area contributed by atoms with Crippen LogP contribution >= 0.6 is 0 Å². The summed E-state index contributed by atoms with van der Waals surface area (Å²) in [6.45, 7) is 11.3. The van der Waals surface area contributed by atoms with Gasteiger partial charge in [0, 0.05) is 13.0 Å². The fourth-order valence-corrected chi connectivity index (χ4v) is 0.790. The molecule has 0 aromatic heterocycles. The number of rotatable bonds is 3. The van der Waals surface area contributed by atoms with E-state index in [-0.39, 0.29) is 5.97 Å². The van der Waals surface area contributed by atoms with E-state index in [1.807, 2.05) is 36.4 Å². The van der Waals surface area contributed by atoms with Gasteiger partial charge in [0.15, 0.2) is 0 Å². The molecule has 0 atom stereocenters. The Kier molecular flexibility index (Phi) is 14.2. The topological polar surface area (TPSA) is 52.6 Å². The Morgan fingerprint density at radius 1 is 1.10 bits per heavy atom. The molecule has 20 heavy (non-hydrogen) atoms. The highest BCUT2D eigenvalue weighted by atomic mass is 16.5. The number of methoxy groups -OCH3 is 1. The number of carbonyl (C=O) groups is 2. The van der Waals surface area contributed by atoms with Gasteiger partial charge in [0.2, 0.25) is 0 Å². The van der Waals surface area contributed by atoms with Gasteiger partial charge in [-0.2, -0.15) is 0 Å². The predicted molar refractivity (Wildman–Crippen MR) is 80.7 cm³/mol. The van der Waals surface area contributed by atoms with Gasteiger partial charge in [0.25, 0.3) is 0 Å². The SMILES string of the molecule is C=CC(=O)OC.C=COC(C)=O.C=Cc1ccccc1. The van der Waals surface area contributed by atoms with Gasteiger partial charge in [0.1, 0.15) is 0 Å². The molecule has 0 bridgehead atoms. The first-order valence-corrected chi connectivity index (χ1v) is 5.67. The molecule has 1 aromatic rings. The second kappa shape index (κ2) is 14.4. The minimum absolute atomic E-state index is 0.329. The summed E-state index contributed by atoms with van der Waals surface area (Å²) >= 11 is 0. The van der Waals surface area contributed by atoms with Crippen molar-refractivity contribution in [2.75, 3.05) is 7.11 Å². The summed E-state index contributed by atoms with van der Waals surface area (Å²) in [5.74, 6) is -0.722. The first kappa shape index (κ1) is 19.7. The highest BCUT2D eigenvalue weighted by molar-refractivity contribution is 5.80. The molecule has 0 N–H and O–H groups in total. The lowest BCUT2D eigenvalue weighted by Crippen LogP contribution is -1.91. The molecule has 0 aliphatic rings. The lowest BCUT2D eigenvalue weighted by Gasteiger charge is -1.85. The van der Waals surface area contributed by atoms with Crippen molar-refractivity contribution in [2.24, 2.45) is 0 Å². The van der Waals surface area contributed by atoms with E-state index in [4.69, 9.17) is 0 Å². The van der Waals surface area contributed by atoms with Gasteiger partial charge in [0.05, 0.1) is 13.4 Å². The van der Waals surface area contributed by atoms with E-state index in [9.17, 15) is 9.59 Å². The Bertz CT molecular complexity index is 421. The van der Waals surface area contributed by atoms with Crippen LogP contribution in [0.5, 0.6) is 0 Å². The molecule has 4 heteroatoms. The number of ether oxygens (including phenoxy) is 2. The van der Waals surface area contributed by atoms with Gasteiger partial charge in [-0.1, -0.05) is 56.1 Å². The molecule has 0 saturated heterocycles. The van der Waals surface area contributed by atoms with E-state index in [1.165, 1.54) is 19.6 Å². The largest absolute Gasteiger partial charge is 0.466 e. The van der Waals surface area contributed by atoms with Crippen molar-refractivity contribution in [1.29, 1.82) is 0 Å². The molecular formula is C16H20O4. The average molecular weight is 276 g/mol. The van der Waals surface area contributed by atoms with Crippen LogP contribution in [-0.2, 0) is 19.1 Å². The number of benzene rings is 1. The van der Waals surface area contributed by atoms with Gasteiger partial charge in [-0.15, -0.1) is 0 Å². The molecule has 0 amide bonds. The van der Waals surface area contributed by atoms with Crippen LogP contribution in [-0.4, -0.2) is 19.0 Å². The first-order valence-electron chi connectivity index (χ1n) is 5.67. The summed E-state index contributed by atoms with van der Waals surface area (Å²) in [7, 11) is 1.31. The summed E-state index contributed by atoms with van der Waals surface area (Å²) in [6.07, 6.45) is 4.04. The second-order valence-corrected chi connectivity index (χ2v) is 3.12. The zero-order valence-corrected chi connectivity index (χ0v) is 11.9. The molecule has 0 fully saturated rings. The molecule has 0 heterocycles. The zero-order chi connectivity index (χ0) is 15.8. The fourth-order valence-electron chi connectivity index (χ4n) is 0.790. The Morgan fingerprint density at radius 3 is 1.80 bits per heavy atom. The summed E-state index contributed by atoms with van der Waals surface area (Å²) in [5.41, 5.74) is 1.17. The lowest BCUT2D eigenvalue weighted by molar-refractivity contribution is -0.136. The van der Waals surface area contributed by atoms with E-state index >= 15 is 0 Å². The Hall–Kier alpha value is -2.62. The number of esters is 2. The van der Waals surface area contributed by atoms with Crippen molar-refractivity contribution in [3.63, 3.8) is 0 Å². The van der Waals surface area contributed by atoms with Crippen molar-refractivity contribution >= 4 is 18.0 Å². The average Bonchev–Trinajstić information content (AvgIpc) is 2.48. The quantitative estimate of drug-likeness (QED) is 0.482. The van der Waals surface area contributed by atoms with Gasteiger partial charge >= 0.3 is 11.9 Å². The smallest absolute Gasteiger partial charge is 0.329 e. The van der Waals surface area contributed by atoms with Crippen LogP contribution in [0, 0.1) is 0 Å². The van der Waals surface area contributed by atoms with Crippen molar-refractivity contribution in [3.05, 3.63) is 68.0 Å². The Balaban J connectivity index is 0. The van der Waals surface area contributed by atoms with Crippen molar-refractivity contribution in [2.45, 2.75) is 6.92 Å². The predicted octanol–water partition coefficient (Wildman–Crippen LogP) is 3.37. The molecule has 0 aliphatic heterocycles. The first-order chi connectivity index (χ1) is 9.51. The van der Waals surface area contributed by atoms with E-state index in [1.54, 1.807) is 0 Å². The molecule has 0 unspecified atom stereocenters. The highest BCUT2D eigenvalue weighted by Crippen LogP contribution is 1.97. The van der Waals surface area contributed by atoms with E-state index in [0.29, 0.717) is 0 Å². The number of carbonyl (C=O) groups excluding carboxylic acids is 2. The Labute approximate surface area is 120 Å². The standard InChI is InChI=1S/C8H8.2C4H6O2/c1-2-8-6-4-3-5-7-8;1-3-4(5)6-2;1-3-6-4(2)5/h2-7H,1H2;2*3H,1H2,2H3. The highest BCUT2D eigenvalue weighted by Gasteiger charge is 1.82. The van der Waals surface area contributed by atoms with Crippen LogP contribution < -0.4 is 0 Å². The summed E-state index contributed by atoms with van der Waals surface area (Å²) in [6, 6.07) is 10.0. The van der Waals surface area contributed by atoms with E-state index in [2.05, 4.69) is 29.2 Å². The molecular weight excluding hydrogens is 256 g/mol. The lowest BCUT2D eigenvalue weighted by atomic mass is 10.2. The van der Waals surface area contributed by atoms with Crippen LogP contribution in [0.3, 0.4) is 0 Å². The monoisotopic (exact) mass is 276 g/mol. The van der Waals surface area contributed by atoms with Crippen molar-refractivity contribution < 1.29 is 19.1 Å². The van der Waals surface area contributed by atoms with Gasteiger partial charge in [-0.25, -0.2) is 4.79 Å². The minimum atomic E-state index is -0.394. The third-order valence-electron chi connectivity index (χ3n) is 1.65. The van der Waals surface area contributed by atoms with E-state index < -0.39 is 5.97 Å². The zero-order valence-electron chi connectivity index (χ0n) is 11.9.